The first kappa shape index (κ1) is 23.4. The average molecular weight is 479 g/mol. The lowest BCUT2D eigenvalue weighted by Crippen LogP contribution is -2.46. The number of aliphatic carboxylic acids is 1. The maximum absolute atomic E-state index is 12.8. The minimum absolute atomic E-state index is 0.0216. The molecule has 2 unspecified atom stereocenters. The zero-order chi connectivity index (χ0) is 24.4. The molecule has 2 aromatic carbocycles. The third-order valence-corrected chi connectivity index (χ3v) is 7.50. The monoisotopic (exact) mass is 478 g/mol. The number of alkyl carbamates (subject to hydrolysis) is 1. The lowest BCUT2D eigenvalue weighted by Gasteiger charge is -2.22. The highest BCUT2D eigenvalue weighted by Crippen LogP contribution is 2.44. The summed E-state index contributed by atoms with van der Waals surface area (Å²) in [5, 5.41) is 15.0. The van der Waals surface area contributed by atoms with Gasteiger partial charge in [0.15, 0.2) is 6.10 Å². The van der Waals surface area contributed by atoms with Gasteiger partial charge < -0.3 is 25.2 Å². The molecule has 5 rings (SSSR count). The Morgan fingerprint density at radius 1 is 0.971 bits per heavy atom. The summed E-state index contributed by atoms with van der Waals surface area (Å²) >= 11 is 0. The Balaban J connectivity index is 1.15. The molecule has 2 aromatic rings. The van der Waals surface area contributed by atoms with E-state index in [1.165, 1.54) is 11.1 Å². The van der Waals surface area contributed by atoms with Crippen LogP contribution in [0.25, 0.3) is 11.1 Å². The van der Waals surface area contributed by atoms with Gasteiger partial charge in [-0.25, -0.2) is 9.59 Å². The van der Waals surface area contributed by atoms with Gasteiger partial charge in [0.2, 0.25) is 5.91 Å². The van der Waals surface area contributed by atoms with Crippen molar-refractivity contribution in [3.63, 3.8) is 0 Å². The molecule has 4 atom stereocenters. The lowest BCUT2D eigenvalue weighted by molar-refractivity contribution is -0.149. The summed E-state index contributed by atoms with van der Waals surface area (Å²) in [5.41, 5.74) is 4.63. The molecule has 2 fully saturated rings. The van der Waals surface area contributed by atoms with Gasteiger partial charge in [-0.15, -0.1) is 0 Å². The van der Waals surface area contributed by atoms with E-state index in [9.17, 15) is 19.5 Å². The van der Waals surface area contributed by atoms with Crippen molar-refractivity contribution in [2.75, 3.05) is 19.8 Å². The SMILES string of the molecule is O=C(NC1CCCC1C(=O)NC[C@H]1CCO[C@H]1C(=O)O)OCC1c2ccccc2-c2ccccc21. The third-order valence-electron chi connectivity index (χ3n) is 7.50. The van der Waals surface area contributed by atoms with Crippen molar-refractivity contribution in [2.45, 2.75) is 43.7 Å². The Kier molecular flexibility index (Phi) is 6.72. The van der Waals surface area contributed by atoms with Crippen LogP contribution in [0.2, 0.25) is 0 Å². The molecule has 35 heavy (non-hydrogen) atoms. The maximum atomic E-state index is 12.8. The summed E-state index contributed by atoms with van der Waals surface area (Å²) < 4.78 is 10.9. The molecule has 0 spiro atoms. The highest BCUT2D eigenvalue weighted by Gasteiger charge is 2.38. The van der Waals surface area contributed by atoms with Crippen molar-refractivity contribution in [1.29, 1.82) is 0 Å². The fourth-order valence-electron chi connectivity index (χ4n) is 5.72. The topological polar surface area (TPSA) is 114 Å². The van der Waals surface area contributed by atoms with E-state index < -0.39 is 18.2 Å². The van der Waals surface area contributed by atoms with Crippen molar-refractivity contribution in [3.8, 4) is 11.1 Å². The Morgan fingerprint density at radius 2 is 1.66 bits per heavy atom. The molecule has 3 aliphatic rings. The predicted molar refractivity (Wildman–Crippen MR) is 128 cm³/mol. The van der Waals surface area contributed by atoms with E-state index in [1.807, 2.05) is 24.3 Å². The van der Waals surface area contributed by atoms with Crippen LogP contribution in [0.15, 0.2) is 48.5 Å². The molecule has 2 aliphatic carbocycles. The first-order valence-corrected chi connectivity index (χ1v) is 12.3. The molecule has 1 heterocycles. The van der Waals surface area contributed by atoms with E-state index in [-0.39, 0.29) is 42.9 Å². The molecular weight excluding hydrogens is 448 g/mol. The molecule has 1 saturated heterocycles. The smallest absolute Gasteiger partial charge is 0.407 e. The second kappa shape index (κ2) is 10.1. The number of carboxylic acids is 1. The highest BCUT2D eigenvalue weighted by atomic mass is 16.5. The molecule has 0 bridgehead atoms. The van der Waals surface area contributed by atoms with E-state index >= 15 is 0 Å². The van der Waals surface area contributed by atoms with Crippen molar-refractivity contribution in [3.05, 3.63) is 59.7 Å². The quantitative estimate of drug-likeness (QED) is 0.563. The Morgan fingerprint density at radius 3 is 2.34 bits per heavy atom. The van der Waals surface area contributed by atoms with E-state index in [4.69, 9.17) is 9.47 Å². The zero-order valence-electron chi connectivity index (χ0n) is 19.4. The first-order chi connectivity index (χ1) is 17.0. The number of carbonyl (C=O) groups is 3. The van der Waals surface area contributed by atoms with Gasteiger partial charge in [-0.05, 0) is 41.5 Å². The number of carbonyl (C=O) groups excluding carboxylic acids is 2. The third kappa shape index (κ3) is 4.75. The number of nitrogens with one attached hydrogen (secondary N) is 2. The molecular formula is C27H30N2O6. The number of amides is 2. The molecule has 3 N–H and O–H groups in total. The number of benzene rings is 2. The van der Waals surface area contributed by atoms with Crippen LogP contribution in [-0.4, -0.2) is 55.0 Å². The van der Waals surface area contributed by atoms with Crippen LogP contribution in [0.5, 0.6) is 0 Å². The van der Waals surface area contributed by atoms with Crippen LogP contribution >= 0.6 is 0 Å². The lowest BCUT2D eigenvalue weighted by atomic mass is 9.98. The summed E-state index contributed by atoms with van der Waals surface area (Å²) in [6.07, 6.45) is 1.40. The van der Waals surface area contributed by atoms with E-state index in [2.05, 4.69) is 34.9 Å². The first-order valence-electron chi connectivity index (χ1n) is 12.3. The normalized spacial score (nSPS) is 25.0. The second-order valence-electron chi connectivity index (χ2n) is 9.54. The largest absolute Gasteiger partial charge is 0.479 e. The van der Waals surface area contributed by atoms with Gasteiger partial charge in [0.25, 0.3) is 0 Å². The molecule has 2 amide bonds. The van der Waals surface area contributed by atoms with Crippen molar-refractivity contribution in [1.82, 2.24) is 10.6 Å². The summed E-state index contributed by atoms with van der Waals surface area (Å²) in [5.74, 6) is -1.79. The number of carboxylic acid groups (broad SMARTS) is 1. The maximum Gasteiger partial charge on any atom is 0.407 e. The molecule has 8 heteroatoms. The van der Waals surface area contributed by atoms with E-state index in [1.54, 1.807) is 0 Å². The summed E-state index contributed by atoms with van der Waals surface area (Å²) in [6.45, 7) is 0.860. The van der Waals surface area contributed by atoms with Gasteiger partial charge in [0.05, 0.1) is 5.92 Å². The van der Waals surface area contributed by atoms with Crippen LogP contribution in [0.1, 0.15) is 42.7 Å². The second-order valence-corrected chi connectivity index (χ2v) is 9.54. The molecule has 0 radical (unpaired) electrons. The Labute approximate surface area is 204 Å². The minimum Gasteiger partial charge on any atom is -0.479 e. The van der Waals surface area contributed by atoms with Crippen LogP contribution < -0.4 is 10.6 Å². The minimum atomic E-state index is -1.00. The number of fused-ring (bicyclic) bond motifs is 3. The molecule has 0 aromatic heterocycles. The Bertz CT molecular complexity index is 1070. The van der Waals surface area contributed by atoms with E-state index in [0.29, 0.717) is 25.9 Å². The molecule has 1 saturated carbocycles. The number of hydrogen-bond donors (Lipinski definition) is 3. The van der Waals surface area contributed by atoms with Gasteiger partial charge >= 0.3 is 12.1 Å². The molecule has 184 valence electrons. The van der Waals surface area contributed by atoms with Crippen LogP contribution in [0.3, 0.4) is 0 Å². The molecule has 8 nitrogen and oxygen atoms in total. The highest BCUT2D eigenvalue weighted by molar-refractivity contribution is 5.81. The summed E-state index contributed by atoms with van der Waals surface area (Å²) in [6, 6.07) is 16.0. The summed E-state index contributed by atoms with van der Waals surface area (Å²) in [4.78, 5) is 36.8. The fraction of sp³-hybridized carbons (Fsp3) is 0.444. The number of hydrogen-bond acceptors (Lipinski definition) is 5. The van der Waals surface area contributed by atoms with E-state index in [0.717, 1.165) is 17.5 Å². The predicted octanol–water partition coefficient (Wildman–Crippen LogP) is 3.30. The summed E-state index contributed by atoms with van der Waals surface area (Å²) in [7, 11) is 0. The van der Waals surface area contributed by atoms with Gasteiger partial charge in [-0.1, -0.05) is 55.0 Å². The molecule has 1 aliphatic heterocycles. The standard InChI is InChI=1S/C27H30N2O6/c30-25(28-14-16-12-13-34-24(16)26(31)32)21-10-5-11-23(21)29-27(33)35-15-22-19-8-3-1-6-17(19)18-7-2-4-9-20(18)22/h1-4,6-9,16,21-24H,5,10-15H2,(H,28,30)(H,29,33)(H,31,32)/t16-,21?,23?,24-/m1/s1. The average Bonchev–Trinajstić information content (AvgIpc) is 3.59. The van der Waals surface area contributed by atoms with Crippen LogP contribution in [0, 0.1) is 11.8 Å². The fourth-order valence-corrected chi connectivity index (χ4v) is 5.72. The van der Waals surface area contributed by atoms with Crippen LogP contribution in [0.4, 0.5) is 4.79 Å². The van der Waals surface area contributed by atoms with Gasteiger partial charge in [-0.2, -0.15) is 0 Å². The van der Waals surface area contributed by atoms with Gasteiger partial charge in [0, 0.05) is 31.0 Å². The van der Waals surface area contributed by atoms with Crippen molar-refractivity contribution >= 4 is 18.0 Å². The van der Waals surface area contributed by atoms with Crippen molar-refractivity contribution in [2.24, 2.45) is 11.8 Å². The zero-order valence-corrected chi connectivity index (χ0v) is 19.4. The Hall–Kier alpha value is -3.39. The number of rotatable bonds is 7. The number of ether oxygens (including phenoxy) is 2. The van der Waals surface area contributed by atoms with Crippen LogP contribution in [-0.2, 0) is 19.1 Å². The van der Waals surface area contributed by atoms with Gasteiger partial charge in [-0.3, -0.25) is 4.79 Å². The van der Waals surface area contributed by atoms with Gasteiger partial charge in [0.1, 0.15) is 6.61 Å². The van der Waals surface area contributed by atoms with Crippen molar-refractivity contribution < 1.29 is 29.0 Å².